The van der Waals surface area contributed by atoms with Gasteiger partial charge in [0.05, 0.1) is 12.0 Å². The second kappa shape index (κ2) is 7.21. The molecule has 3 rings (SSSR count). The number of carbonyl (C=O) groups is 2. The maximum Gasteiger partial charge on any atom is 0.227 e. The lowest BCUT2D eigenvalue weighted by Gasteiger charge is -2.31. The van der Waals surface area contributed by atoms with Crippen LogP contribution in [0.15, 0.2) is 35.7 Å². The Morgan fingerprint density at radius 1 is 1.17 bits per heavy atom. The first-order valence-electron chi connectivity index (χ1n) is 7.84. The van der Waals surface area contributed by atoms with Crippen molar-refractivity contribution in [2.45, 2.75) is 19.3 Å². The second-order valence-electron chi connectivity index (χ2n) is 5.90. The van der Waals surface area contributed by atoms with Gasteiger partial charge in [-0.15, -0.1) is 11.3 Å². The van der Waals surface area contributed by atoms with Crippen LogP contribution >= 0.6 is 11.3 Å². The molecule has 0 bridgehead atoms. The van der Waals surface area contributed by atoms with Gasteiger partial charge in [0.25, 0.3) is 0 Å². The summed E-state index contributed by atoms with van der Waals surface area (Å²) in [6.45, 7) is 0.940. The van der Waals surface area contributed by atoms with Gasteiger partial charge in [-0.25, -0.2) is 8.78 Å². The van der Waals surface area contributed by atoms with E-state index in [9.17, 15) is 18.4 Å². The molecule has 1 aromatic heterocycles. The number of amides is 1. The average Bonchev–Trinajstić information content (AvgIpc) is 3.09. The fourth-order valence-corrected chi connectivity index (χ4v) is 3.67. The summed E-state index contributed by atoms with van der Waals surface area (Å²) in [5.41, 5.74) is -0.196. The molecule has 3 nitrogen and oxygen atoms in total. The number of benzene rings is 1. The van der Waals surface area contributed by atoms with Crippen LogP contribution in [0, 0.1) is 17.6 Å². The molecule has 1 fully saturated rings. The minimum atomic E-state index is -0.697. The molecule has 1 aliphatic rings. The van der Waals surface area contributed by atoms with Crippen molar-refractivity contribution in [1.29, 1.82) is 0 Å². The molecule has 0 aliphatic carbocycles. The highest BCUT2D eigenvalue weighted by Crippen LogP contribution is 2.24. The number of hydrogen-bond acceptors (Lipinski definition) is 3. The first-order chi connectivity index (χ1) is 11.5. The van der Waals surface area contributed by atoms with Crippen molar-refractivity contribution in [2.24, 2.45) is 5.92 Å². The molecular weight excluding hydrogens is 332 g/mol. The fourth-order valence-electron chi connectivity index (χ4n) is 2.97. The van der Waals surface area contributed by atoms with Gasteiger partial charge in [0.1, 0.15) is 11.6 Å². The second-order valence-corrected chi connectivity index (χ2v) is 6.93. The molecular formula is C18H17F2NO2S. The Balaban J connectivity index is 1.59. The standard InChI is InChI=1S/C18H17F2NO2S/c19-13-3-4-16(20)15(10-13)18(23)12-5-7-21(8-6-12)17(22)11-14-2-1-9-24-14/h1-4,9-10,12H,5-8,11H2. The molecule has 1 aliphatic heterocycles. The van der Waals surface area contributed by atoms with Crippen LogP contribution in [0.1, 0.15) is 28.1 Å². The fraction of sp³-hybridized carbons (Fsp3) is 0.333. The maximum atomic E-state index is 13.7. The molecule has 1 aromatic carbocycles. The minimum Gasteiger partial charge on any atom is -0.342 e. The Labute approximate surface area is 142 Å². The van der Waals surface area contributed by atoms with Crippen molar-refractivity contribution in [3.63, 3.8) is 0 Å². The topological polar surface area (TPSA) is 37.4 Å². The Morgan fingerprint density at radius 2 is 1.92 bits per heavy atom. The monoisotopic (exact) mass is 349 g/mol. The van der Waals surface area contributed by atoms with Gasteiger partial charge < -0.3 is 4.90 Å². The lowest BCUT2D eigenvalue weighted by atomic mass is 9.88. The van der Waals surface area contributed by atoms with E-state index < -0.39 is 11.6 Å². The predicted molar refractivity (Wildman–Crippen MR) is 88.0 cm³/mol. The lowest BCUT2D eigenvalue weighted by Crippen LogP contribution is -2.41. The Kier molecular flexibility index (Phi) is 5.04. The molecule has 0 radical (unpaired) electrons. The summed E-state index contributed by atoms with van der Waals surface area (Å²) < 4.78 is 27.0. The van der Waals surface area contributed by atoms with Crippen LogP contribution in [0.3, 0.4) is 0 Å². The first-order valence-corrected chi connectivity index (χ1v) is 8.72. The van der Waals surface area contributed by atoms with Crippen LogP contribution in [0.25, 0.3) is 0 Å². The van der Waals surface area contributed by atoms with Gasteiger partial charge >= 0.3 is 0 Å². The van der Waals surface area contributed by atoms with Crippen molar-refractivity contribution in [3.05, 3.63) is 57.8 Å². The van der Waals surface area contributed by atoms with Gasteiger partial charge in [0.15, 0.2) is 5.78 Å². The quantitative estimate of drug-likeness (QED) is 0.790. The van der Waals surface area contributed by atoms with E-state index >= 15 is 0 Å². The summed E-state index contributed by atoms with van der Waals surface area (Å²) in [5.74, 6) is -2.02. The first kappa shape index (κ1) is 16.8. The molecule has 0 atom stereocenters. The van der Waals surface area contributed by atoms with E-state index in [-0.39, 0.29) is 23.2 Å². The van der Waals surface area contributed by atoms with Crippen LogP contribution in [-0.2, 0) is 11.2 Å². The molecule has 0 N–H and O–H groups in total. The van der Waals surface area contributed by atoms with Crippen LogP contribution < -0.4 is 0 Å². The molecule has 0 spiro atoms. The molecule has 2 heterocycles. The number of nitrogens with zero attached hydrogens (tertiary/aromatic N) is 1. The molecule has 6 heteroatoms. The Morgan fingerprint density at radius 3 is 2.58 bits per heavy atom. The number of rotatable bonds is 4. The van der Waals surface area contributed by atoms with Crippen molar-refractivity contribution >= 4 is 23.0 Å². The largest absolute Gasteiger partial charge is 0.342 e. The number of thiophene rings is 1. The number of halogens is 2. The molecule has 1 saturated heterocycles. The summed E-state index contributed by atoms with van der Waals surface area (Å²) in [7, 11) is 0. The normalized spacial score (nSPS) is 15.5. The van der Waals surface area contributed by atoms with Crippen molar-refractivity contribution < 1.29 is 18.4 Å². The van der Waals surface area contributed by atoms with E-state index in [4.69, 9.17) is 0 Å². The molecule has 2 aromatic rings. The van der Waals surface area contributed by atoms with E-state index in [2.05, 4.69) is 0 Å². The smallest absolute Gasteiger partial charge is 0.227 e. The van der Waals surface area contributed by atoms with Crippen molar-refractivity contribution in [3.8, 4) is 0 Å². The lowest BCUT2D eigenvalue weighted by molar-refractivity contribution is -0.131. The van der Waals surface area contributed by atoms with Gasteiger partial charge in [-0.2, -0.15) is 0 Å². The van der Waals surface area contributed by atoms with Crippen molar-refractivity contribution in [1.82, 2.24) is 4.90 Å². The number of hydrogen-bond donors (Lipinski definition) is 0. The number of carbonyl (C=O) groups excluding carboxylic acids is 2. The third-order valence-electron chi connectivity index (χ3n) is 4.32. The molecule has 1 amide bonds. The number of piperidine rings is 1. The van der Waals surface area contributed by atoms with Crippen molar-refractivity contribution in [2.75, 3.05) is 13.1 Å². The van der Waals surface area contributed by atoms with Gasteiger partial charge in [0, 0.05) is 23.9 Å². The molecule has 0 saturated carbocycles. The van der Waals surface area contributed by atoms with Gasteiger partial charge in [-0.1, -0.05) is 6.07 Å². The van der Waals surface area contributed by atoms with Crippen LogP contribution in [0.4, 0.5) is 8.78 Å². The highest BCUT2D eigenvalue weighted by atomic mass is 32.1. The predicted octanol–water partition coefficient (Wildman–Crippen LogP) is 3.69. The highest BCUT2D eigenvalue weighted by molar-refractivity contribution is 7.10. The van der Waals surface area contributed by atoms with Gasteiger partial charge in [-0.05, 0) is 42.5 Å². The maximum absolute atomic E-state index is 13.7. The van der Waals surface area contributed by atoms with E-state index in [1.165, 1.54) is 0 Å². The Hall–Kier alpha value is -2.08. The summed E-state index contributed by atoms with van der Waals surface area (Å²) in [6.07, 6.45) is 1.32. The zero-order valence-electron chi connectivity index (χ0n) is 13.0. The van der Waals surface area contributed by atoms with Gasteiger partial charge in [0.2, 0.25) is 5.91 Å². The van der Waals surface area contributed by atoms with Crippen LogP contribution in [0.2, 0.25) is 0 Å². The van der Waals surface area contributed by atoms with Crippen LogP contribution in [-0.4, -0.2) is 29.7 Å². The third kappa shape index (κ3) is 3.70. The number of Topliss-reactive ketones (excluding diaryl/α,β-unsaturated/α-hetero) is 1. The van der Waals surface area contributed by atoms with E-state index in [0.29, 0.717) is 32.4 Å². The SMILES string of the molecule is O=C(c1cc(F)ccc1F)C1CCN(C(=O)Cc2cccs2)CC1. The summed E-state index contributed by atoms with van der Waals surface area (Å²) in [4.78, 5) is 27.4. The zero-order chi connectivity index (χ0) is 17.1. The Bertz CT molecular complexity index is 737. The van der Waals surface area contributed by atoms with Crippen LogP contribution in [0.5, 0.6) is 0 Å². The molecule has 0 unspecified atom stereocenters. The number of likely N-dealkylation sites (tertiary alicyclic amines) is 1. The third-order valence-corrected chi connectivity index (χ3v) is 5.19. The summed E-state index contributed by atoms with van der Waals surface area (Å²) in [6, 6.07) is 6.75. The minimum absolute atomic E-state index is 0.0419. The van der Waals surface area contributed by atoms with E-state index in [0.717, 1.165) is 23.1 Å². The van der Waals surface area contributed by atoms with E-state index in [1.54, 1.807) is 16.2 Å². The molecule has 24 heavy (non-hydrogen) atoms. The number of ketones is 1. The molecule has 126 valence electrons. The van der Waals surface area contributed by atoms with E-state index in [1.807, 2.05) is 17.5 Å². The van der Waals surface area contributed by atoms with Gasteiger partial charge in [-0.3, -0.25) is 9.59 Å². The average molecular weight is 349 g/mol. The summed E-state index contributed by atoms with van der Waals surface area (Å²) >= 11 is 1.54. The zero-order valence-corrected chi connectivity index (χ0v) is 13.8. The highest BCUT2D eigenvalue weighted by Gasteiger charge is 2.29. The summed E-state index contributed by atoms with van der Waals surface area (Å²) in [5, 5.41) is 1.93.